The number of hydrogen-bond donors (Lipinski definition) is 0. The third kappa shape index (κ3) is 3.67. The fourth-order valence-electron chi connectivity index (χ4n) is 3.05. The third-order valence-corrected chi connectivity index (χ3v) is 4.80. The summed E-state index contributed by atoms with van der Waals surface area (Å²) in [7, 11) is 1.67. The molecule has 0 aliphatic carbocycles. The normalized spacial score (nSPS) is 17.3. The molecule has 0 aromatic heterocycles. The highest BCUT2D eigenvalue weighted by atomic mass is 35.5. The van der Waals surface area contributed by atoms with Gasteiger partial charge in [-0.3, -0.25) is 4.79 Å². The van der Waals surface area contributed by atoms with Crippen LogP contribution >= 0.6 is 11.6 Å². The number of halogens is 1. The minimum absolute atomic E-state index is 0.147. The van der Waals surface area contributed by atoms with E-state index in [1.54, 1.807) is 7.11 Å². The predicted octanol–water partition coefficient (Wildman–Crippen LogP) is 3.91. The van der Waals surface area contributed by atoms with Crippen molar-refractivity contribution >= 4 is 17.5 Å². The maximum absolute atomic E-state index is 12.5. The molecule has 1 aliphatic heterocycles. The molecule has 2 aromatic rings. The molecule has 0 spiro atoms. The Bertz CT molecular complexity index is 684. The van der Waals surface area contributed by atoms with Crippen molar-refractivity contribution in [2.24, 2.45) is 0 Å². The van der Waals surface area contributed by atoms with E-state index in [1.165, 1.54) is 5.56 Å². The summed E-state index contributed by atoms with van der Waals surface area (Å²) in [5.74, 6) is 1.41. The Morgan fingerprint density at radius 3 is 2.65 bits per heavy atom. The summed E-state index contributed by atoms with van der Waals surface area (Å²) in [6, 6.07) is 15.7. The minimum atomic E-state index is 0.147. The molecule has 3 nitrogen and oxygen atoms in total. The predicted molar refractivity (Wildman–Crippen MR) is 92.1 cm³/mol. The van der Waals surface area contributed by atoms with E-state index in [4.69, 9.17) is 16.3 Å². The summed E-state index contributed by atoms with van der Waals surface area (Å²) in [6.07, 6.45) is 1.37. The number of carbonyl (C=O) groups is 1. The Morgan fingerprint density at radius 1 is 1.22 bits per heavy atom. The molecule has 4 heteroatoms. The lowest BCUT2D eigenvalue weighted by Crippen LogP contribution is -2.29. The number of nitrogens with zero attached hydrogens (tertiary/aromatic N) is 1. The van der Waals surface area contributed by atoms with Crippen LogP contribution < -0.4 is 4.74 Å². The van der Waals surface area contributed by atoms with Gasteiger partial charge in [-0.05, 0) is 35.7 Å². The number of amides is 1. The van der Waals surface area contributed by atoms with Gasteiger partial charge in [-0.15, -0.1) is 0 Å². The average molecular weight is 330 g/mol. The average Bonchev–Trinajstić information content (AvgIpc) is 3.07. The van der Waals surface area contributed by atoms with E-state index in [0.717, 1.165) is 30.8 Å². The lowest BCUT2D eigenvalue weighted by atomic mass is 9.98. The first-order chi connectivity index (χ1) is 11.2. The van der Waals surface area contributed by atoms with Gasteiger partial charge in [0.05, 0.1) is 13.5 Å². The first-order valence-electron chi connectivity index (χ1n) is 7.82. The summed E-state index contributed by atoms with van der Waals surface area (Å²) >= 11 is 6.15. The zero-order valence-electron chi connectivity index (χ0n) is 13.2. The monoisotopic (exact) mass is 329 g/mol. The number of ether oxygens (including phenoxy) is 1. The van der Waals surface area contributed by atoms with Crippen LogP contribution in [0.4, 0.5) is 0 Å². The quantitative estimate of drug-likeness (QED) is 0.851. The molecule has 1 atom stereocenters. The zero-order chi connectivity index (χ0) is 16.2. The molecule has 1 fully saturated rings. The van der Waals surface area contributed by atoms with Crippen molar-refractivity contribution in [3.63, 3.8) is 0 Å². The van der Waals surface area contributed by atoms with E-state index in [9.17, 15) is 4.79 Å². The van der Waals surface area contributed by atoms with Crippen LogP contribution in [0.1, 0.15) is 23.5 Å². The van der Waals surface area contributed by atoms with E-state index in [1.807, 2.05) is 41.3 Å². The molecule has 1 aliphatic rings. The number of likely N-dealkylation sites (tertiary alicyclic amines) is 1. The van der Waals surface area contributed by atoms with Crippen LogP contribution in [0.3, 0.4) is 0 Å². The van der Waals surface area contributed by atoms with Gasteiger partial charge in [-0.1, -0.05) is 41.9 Å². The van der Waals surface area contributed by atoms with Crippen molar-refractivity contribution in [2.75, 3.05) is 20.2 Å². The Balaban J connectivity index is 1.62. The lowest BCUT2D eigenvalue weighted by Gasteiger charge is -2.17. The second-order valence-corrected chi connectivity index (χ2v) is 6.27. The Labute approximate surface area is 141 Å². The van der Waals surface area contributed by atoms with E-state index < -0.39 is 0 Å². The molecule has 0 unspecified atom stereocenters. The van der Waals surface area contributed by atoms with Gasteiger partial charge >= 0.3 is 0 Å². The van der Waals surface area contributed by atoms with Crippen molar-refractivity contribution < 1.29 is 9.53 Å². The maximum Gasteiger partial charge on any atom is 0.227 e. The second kappa shape index (κ2) is 7.05. The minimum Gasteiger partial charge on any atom is -0.497 e. The van der Waals surface area contributed by atoms with Gasteiger partial charge in [0, 0.05) is 24.0 Å². The molecule has 1 saturated heterocycles. The molecule has 23 heavy (non-hydrogen) atoms. The van der Waals surface area contributed by atoms with Gasteiger partial charge in [0.25, 0.3) is 0 Å². The van der Waals surface area contributed by atoms with Crippen LogP contribution in [-0.4, -0.2) is 31.0 Å². The van der Waals surface area contributed by atoms with Gasteiger partial charge in [-0.25, -0.2) is 0 Å². The maximum atomic E-state index is 12.5. The number of rotatable bonds is 4. The van der Waals surface area contributed by atoms with Crippen molar-refractivity contribution in [1.82, 2.24) is 4.90 Å². The van der Waals surface area contributed by atoms with E-state index in [-0.39, 0.29) is 5.91 Å². The molecule has 0 saturated carbocycles. The molecule has 0 bridgehead atoms. The molecule has 1 heterocycles. The van der Waals surface area contributed by atoms with Gasteiger partial charge in [0.15, 0.2) is 0 Å². The largest absolute Gasteiger partial charge is 0.497 e. The first-order valence-corrected chi connectivity index (χ1v) is 8.20. The zero-order valence-corrected chi connectivity index (χ0v) is 13.9. The van der Waals surface area contributed by atoms with Crippen molar-refractivity contribution in [1.29, 1.82) is 0 Å². The number of carbonyl (C=O) groups excluding carboxylic acids is 1. The molecule has 0 N–H and O–H groups in total. The Morgan fingerprint density at radius 2 is 1.96 bits per heavy atom. The summed E-state index contributed by atoms with van der Waals surface area (Å²) < 4.78 is 5.19. The van der Waals surface area contributed by atoms with Gasteiger partial charge in [0.1, 0.15) is 5.75 Å². The van der Waals surface area contributed by atoms with Gasteiger partial charge < -0.3 is 9.64 Å². The van der Waals surface area contributed by atoms with Crippen LogP contribution in [0.15, 0.2) is 48.5 Å². The highest BCUT2D eigenvalue weighted by Gasteiger charge is 2.27. The highest BCUT2D eigenvalue weighted by molar-refractivity contribution is 6.31. The summed E-state index contributed by atoms with van der Waals surface area (Å²) in [5, 5.41) is 0.659. The van der Waals surface area contributed by atoms with Crippen LogP contribution in [0.25, 0.3) is 0 Å². The van der Waals surface area contributed by atoms with Gasteiger partial charge in [-0.2, -0.15) is 0 Å². The standard InChI is InChI=1S/C19H20ClNO2/c1-23-17-8-6-14(7-9-17)16-10-11-21(13-16)19(22)12-15-4-2-3-5-18(15)20/h2-9,16H,10-13H2,1H3/t16-/m0/s1. The Hall–Kier alpha value is -2.00. The van der Waals surface area contributed by atoms with E-state index >= 15 is 0 Å². The molecule has 1 amide bonds. The van der Waals surface area contributed by atoms with Crippen LogP contribution in [0.2, 0.25) is 5.02 Å². The second-order valence-electron chi connectivity index (χ2n) is 5.87. The van der Waals surface area contributed by atoms with E-state index in [2.05, 4.69) is 12.1 Å². The molecular weight excluding hydrogens is 310 g/mol. The van der Waals surface area contributed by atoms with Gasteiger partial charge in [0.2, 0.25) is 5.91 Å². The van der Waals surface area contributed by atoms with Crippen LogP contribution in [-0.2, 0) is 11.2 Å². The molecular formula is C19H20ClNO2. The number of benzene rings is 2. The first kappa shape index (κ1) is 15.9. The summed E-state index contributed by atoms with van der Waals surface area (Å²) in [4.78, 5) is 14.4. The highest BCUT2D eigenvalue weighted by Crippen LogP contribution is 2.29. The Kier molecular flexibility index (Phi) is 4.87. The summed E-state index contributed by atoms with van der Waals surface area (Å²) in [6.45, 7) is 1.58. The number of methoxy groups -OCH3 is 1. The van der Waals surface area contributed by atoms with E-state index in [0.29, 0.717) is 17.4 Å². The smallest absolute Gasteiger partial charge is 0.227 e. The molecule has 3 rings (SSSR count). The third-order valence-electron chi connectivity index (χ3n) is 4.43. The topological polar surface area (TPSA) is 29.5 Å². The fourth-order valence-corrected chi connectivity index (χ4v) is 3.25. The van der Waals surface area contributed by atoms with Crippen LogP contribution in [0, 0.1) is 0 Å². The summed E-state index contributed by atoms with van der Waals surface area (Å²) in [5.41, 5.74) is 2.16. The van der Waals surface area contributed by atoms with Crippen molar-refractivity contribution in [2.45, 2.75) is 18.8 Å². The van der Waals surface area contributed by atoms with Crippen LogP contribution in [0.5, 0.6) is 5.75 Å². The molecule has 0 radical (unpaired) electrons. The van der Waals surface area contributed by atoms with Crippen molar-refractivity contribution in [3.05, 3.63) is 64.7 Å². The SMILES string of the molecule is COc1ccc([C@H]2CCN(C(=O)Cc3ccccc3Cl)C2)cc1. The lowest BCUT2D eigenvalue weighted by molar-refractivity contribution is -0.129. The number of hydrogen-bond acceptors (Lipinski definition) is 2. The van der Waals surface area contributed by atoms with Crippen molar-refractivity contribution in [3.8, 4) is 5.75 Å². The molecule has 2 aromatic carbocycles. The fraction of sp³-hybridized carbons (Fsp3) is 0.316. The molecule has 120 valence electrons.